The van der Waals surface area contributed by atoms with Gasteiger partial charge in [-0.1, -0.05) is 23.7 Å². The van der Waals surface area contributed by atoms with Gasteiger partial charge < -0.3 is 4.44 Å². The summed E-state index contributed by atoms with van der Waals surface area (Å²) in [5, 5.41) is 0.757. The number of halogens is 1. The summed E-state index contributed by atoms with van der Waals surface area (Å²) in [4.78, 5) is 0. The number of hydrogen-bond acceptors (Lipinski definition) is 1. The quantitative estimate of drug-likeness (QED) is 0.617. The zero-order valence-corrected chi connectivity index (χ0v) is 8.35. The van der Waals surface area contributed by atoms with Gasteiger partial charge in [0.05, 0.1) is 10.7 Å². The molecule has 1 nitrogen and oxygen atoms in total. The van der Waals surface area contributed by atoms with Crippen molar-refractivity contribution < 1.29 is 0 Å². The Labute approximate surface area is 70.3 Å². The van der Waals surface area contributed by atoms with E-state index in [4.69, 9.17) is 11.6 Å². The van der Waals surface area contributed by atoms with E-state index in [1.807, 2.05) is 28.7 Å². The standard InChI is InChI=1S/C6H8ClNP2/c7-5-3-1-2-4-6(5)8(9)10/h1-4H,9-10H2. The Hall–Kier alpha value is 0.170. The van der Waals surface area contributed by atoms with E-state index in [1.165, 1.54) is 0 Å². The maximum atomic E-state index is 5.85. The van der Waals surface area contributed by atoms with Crippen molar-refractivity contribution in [2.24, 2.45) is 0 Å². The molecule has 0 fully saturated rings. The van der Waals surface area contributed by atoms with Gasteiger partial charge in [-0.2, -0.15) is 0 Å². The highest BCUT2D eigenvalue weighted by molar-refractivity contribution is 7.39. The third-order valence-corrected chi connectivity index (χ3v) is 2.01. The van der Waals surface area contributed by atoms with Crippen LogP contribution in [-0.2, 0) is 0 Å². The normalized spacial score (nSPS) is 9.50. The molecule has 2 atom stereocenters. The molecule has 0 N–H and O–H groups in total. The molecule has 0 aliphatic carbocycles. The van der Waals surface area contributed by atoms with Crippen LogP contribution in [0.25, 0.3) is 0 Å². The maximum absolute atomic E-state index is 5.85. The van der Waals surface area contributed by atoms with Crippen LogP contribution in [-0.4, -0.2) is 0 Å². The van der Waals surface area contributed by atoms with Crippen molar-refractivity contribution in [1.29, 1.82) is 0 Å². The predicted octanol–water partition coefficient (Wildman–Crippen LogP) is 2.73. The van der Waals surface area contributed by atoms with Crippen LogP contribution in [0.5, 0.6) is 0 Å². The number of para-hydroxylation sites is 1. The molecule has 0 heterocycles. The van der Waals surface area contributed by atoms with Crippen molar-refractivity contribution in [3.05, 3.63) is 29.3 Å². The summed E-state index contributed by atoms with van der Waals surface area (Å²) >= 11 is 5.85. The van der Waals surface area contributed by atoms with E-state index >= 15 is 0 Å². The number of anilines is 1. The molecule has 1 aromatic rings. The summed E-state index contributed by atoms with van der Waals surface area (Å²) < 4.78 is 1.82. The first-order valence-corrected chi connectivity index (χ1v) is 4.17. The molecule has 10 heavy (non-hydrogen) atoms. The Kier molecular flexibility index (Phi) is 2.92. The van der Waals surface area contributed by atoms with Crippen LogP contribution >= 0.6 is 30.4 Å². The highest BCUT2D eigenvalue weighted by Crippen LogP contribution is 2.29. The molecule has 0 saturated carbocycles. The average molecular weight is 192 g/mol. The Morgan fingerprint density at radius 2 is 1.80 bits per heavy atom. The molecule has 0 aromatic heterocycles. The lowest BCUT2D eigenvalue weighted by Gasteiger charge is -2.12. The van der Waals surface area contributed by atoms with Crippen LogP contribution < -0.4 is 4.44 Å². The van der Waals surface area contributed by atoms with Gasteiger partial charge in [0.1, 0.15) is 0 Å². The van der Waals surface area contributed by atoms with Crippen molar-refractivity contribution >= 4 is 36.1 Å². The van der Waals surface area contributed by atoms with Gasteiger partial charge in [0.2, 0.25) is 0 Å². The van der Waals surface area contributed by atoms with E-state index in [9.17, 15) is 0 Å². The number of rotatable bonds is 1. The summed E-state index contributed by atoms with van der Waals surface area (Å²) in [6.07, 6.45) is 0. The Balaban J connectivity index is 3.03. The first-order valence-electron chi connectivity index (χ1n) is 2.76. The van der Waals surface area contributed by atoms with E-state index < -0.39 is 0 Å². The number of benzene rings is 1. The number of nitrogens with zero attached hydrogens (tertiary/aromatic N) is 1. The van der Waals surface area contributed by atoms with Gasteiger partial charge in [-0.15, -0.1) is 0 Å². The molecule has 1 aromatic carbocycles. The first-order chi connectivity index (χ1) is 4.72. The van der Waals surface area contributed by atoms with Gasteiger partial charge in [0, 0.05) is 0 Å². The third-order valence-electron chi connectivity index (χ3n) is 1.13. The lowest BCUT2D eigenvalue weighted by Crippen LogP contribution is -1.89. The van der Waals surface area contributed by atoms with Gasteiger partial charge in [-0.25, -0.2) is 0 Å². The van der Waals surface area contributed by atoms with Crippen LogP contribution in [0.4, 0.5) is 5.69 Å². The molecular weight excluding hydrogens is 183 g/mol. The predicted molar refractivity (Wildman–Crippen MR) is 53.4 cm³/mol. The van der Waals surface area contributed by atoms with E-state index in [2.05, 4.69) is 18.8 Å². The van der Waals surface area contributed by atoms with Crippen molar-refractivity contribution in [2.45, 2.75) is 0 Å². The summed E-state index contributed by atoms with van der Waals surface area (Å²) in [5.41, 5.74) is 0.985. The molecule has 0 amide bonds. The molecule has 4 heteroatoms. The van der Waals surface area contributed by atoms with Gasteiger partial charge in [-0.3, -0.25) is 0 Å². The summed E-state index contributed by atoms with van der Waals surface area (Å²) in [6.45, 7) is 0. The Morgan fingerprint density at radius 1 is 1.20 bits per heavy atom. The van der Waals surface area contributed by atoms with Crippen molar-refractivity contribution in [3.63, 3.8) is 0 Å². The van der Waals surface area contributed by atoms with Crippen LogP contribution in [0, 0.1) is 0 Å². The van der Waals surface area contributed by atoms with E-state index in [-0.39, 0.29) is 0 Å². The molecule has 0 bridgehead atoms. The number of hydrogen-bond donors (Lipinski definition) is 0. The molecule has 2 unspecified atom stereocenters. The van der Waals surface area contributed by atoms with Gasteiger partial charge in [0.15, 0.2) is 0 Å². The zero-order valence-electron chi connectivity index (χ0n) is 5.29. The molecular formula is C6H8ClNP2. The van der Waals surface area contributed by atoms with Crippen LogP contribution in [0.15, 0.2) is 24.3 Å². The molecule has 0 saturated heterocycles. The summed E-state index contributed by atoms with van der Waals surface area (Å²) in [6, 6.07) is 7.66. The van der Waals surface area contributed by atoms with E-state index in [0.717, 1.165) is 10.7 Å². The topological polar surface area (TPSA) is 3.24 Å². The second-order valence-electron chi connectivity index (χ2n) is 1.86. The van der Waals surface area contributed by atoms with Crippen molar-refractivity contribution in [1.82, 2.24) is 0 Å². The summed E-state index contributed by atoms with van der Waals surface area (Å²) in [7, 11) is 5.04. The SMILES string of the molecule is PN(P)c1ccccc1Cl. The second-order valence-corrected chi connectivity index (χ2v) is 3.97. The van der Waals surface area contributed by atoms with Gasteiger partial charge >= 0.3 is 0 Å². The zero-order chi connectivity index (χ0) is 7.56. The van der Waals surface area contributed by atoms with E-state index in [0.29, 0.717) is 0 Å². The smallest absolute Gasteiger partial charge is 0.0644 e. The van der Waals surface area contributed by atoms with Crippen LogP contribution in [0.3, 0.4) is 0 Å². The highest BCUT2D eigenvalue weighted by Gasteiger charge is 1.98. The van der Waals surface area contributed by atoms with E-state index in [1.54, 1.807) is 0 Å². The minimum absolute atomic E-state index is 0.757. The minimum atomic E-state index is 0.757. The summed E-state index contributed by atoms with van der Waals surface area (Å²) in [5.74, 6) is 0. The largest absolute Gasteiger partial charge is 0.340 e. The molecule has 54 valence electrons. The molecule has 1 rings (SSSR count). The van der Waals surface area contributed by atoms with Gasteiger partial charge in [-0.05, 0) is 30.9 Å². The molecule has 0 radical (unpaired) electrons. The van der Waals surface area contributed by atoms with Crippen LogP contribution in [0.1, 0.15) is 0 Å². The molecule has 0 aliphatic rings. The Bertz CT molecular complexity index is 227. The second kappa shape index (κ2) is 3.53. The highest BCUT2D eigenvalue weighted by atomic mass is 35.5. The minimum Gasteiger partial charge on any atom is -0.340 e. The lowest BCUT2D eigenvalue weighted by atomic mass is 10.3. The van der Waals surface area contributed by atoms with Crippen molar-refractivity contribution in [3.8, 4) is 0 Å². The monoisotopic (exact) mass is 191 g/mol. The van der Waals surface area contributed by atoms with Crippen molar-refractivity contribution in [2.75, 3.05) is 4.44 Å². The fraction of sp³-hybridized carbons (Fsp3) is 0. The Morgan fingerprint density at radius 3 is 2.20 bits per heavy atom. The molecule has 0 aliphatic heterocycles. The van der Waals surface area contributed by atoms with Crippen LogP contribution in [0.2, 0.25) is 5.02 Å². The fourth-order valence-corrected chi connectivity index (χ4v) is 1.51. The average Bonchev–Trinajstić information content (AvgIpc) is 1.88. The third kappa shape index (κ3) is 1.83. The van der Waals surface area contributed by atoms with Gasteiger partial charge in [0.25, 0.3) is 0 Å². The lowest BCUT2D eigenvalue weighted by molar-refractivity contribution is 1.61. The first kappa shape index (κ1) is 8.27. The molecule has 0 spiro atoms. The maximum Gasteiger partial charge on any atom is 0.0644 e. The fourth-order valence-electron chi connectivity index (χ4n) is 0.661.